The average molecular weight is 358 g/mol. The number of aromatic nitrogens is 1. The van der Waals surface area contributed by atoms with E-state index in [2.05, 4.69) is 10.5 Å². The van der Waals surface area contributed by atoms with E-state index in [4.69, 9.17) is 4.52 Å². The molecule has 0 fully saturated rings. The number of carbonyl (C=O) groups is 1. The normalized spacial score (nSPS) is 12.0. The van der Waals surface area contributed by atoms with Gasteiger partial charge in [-0.2, -0.15) is 0 Å². The summed E-state index contributed by atoms with van der Waals surface area (Å²) in [5.74, 6) is 0.372. The van der Waals surface area contributed by atoms with Crippen LogP contribution in [0.2, 0.25) is 0 Å². The largest absolute Gasteiger partial charge is 0.387 e. The molecule has 0 bridgehead atoms. The zero-order valence-electron chi connectivity index (χ0n) is 14.5. The topological polar surface area (TPSA) is 75.4 Å². The maximum absolute atomic E-state index is 12.5. The zero-order chi connectivity index (χ0) is 18.6. The van der Waals surface area contributed by atoms with Crippen LogP contribution in [-0.2, 0) is 0 Å². The second kappa shape index (κ2) is 7.43. The maximum atomic E-state index is 12.5. The molecule has 1 amide bonds. The number of hydrogen-bond donors (Lipinski definition) is 2. The maximum Gasteiger partial charge on any atom is 0.251 e. The molecular formula is C22H18N2O3. The minimum atomic E-state index is -0.755. The van der Waals surface area contributed by atoms with Crippen molar-refractivity contribution in [3.8, 4) is 11.3 Å². The van der Waals surface area contributed by atoms with E-state index >= 15 is 0 Å². The molecule has 0 spiro atoms. The van der Waals surface area contributed by atoms with Crippen LogP contribution in [0.25, 0.3) is 22.2 Å². The summed E-state index contributed by atoms with van der Waals surface area (Å²) in [6.45, 7) is 0.135. The van der Waals surface area contributed by atoms with Crippen molar-refractivity contribution in [2.24, 2.45) is 0 Å². The molecule has 0 aliphatic carbocycles. The van der Waals surface area contributed by atoms with Crippen molar-refractivity contribution >= 4 is 16.8 Å². The molecular weight excluding hydrogens is 340 g/mol. The smallest absolute Gasteiger partial charge is 0.251 e. The molecule has 0 aliphatic heterocycles. The highest BCUT2D eigenvalue weighted by molar-refractivity contribution is 6.00. The van der Waals surface area contributed by atoms with Crippen LogP contribution < -0.4 is 5.32 Å². The monoisotopic (exact) mass is 358 g/mol. The number of nitrogens with zero attached hydrogens (tertiary/aromatic N) is 1. The van der Waals surface area contributed by atoms with E-state index in [9.17, 15) is 9.90 Å². The van der Waals surface area contributed by atoms with E-state index in [1.54, 1.807) is 18.2 Å². The first-order valence-corrected chi connectivity index (χ1v) is 8.68. The molecule has 5 nitrogen and oxygen atoms in total. The Morgan fingerprint density at radius 1 is 1.00 bits per heavy atom. The van der Waals surface area contributed by atoms with Crippen LogP contribution in [0, 0.1) is 0 Å². The third-order valence-electron chi connectivity index (χ3n) is 4.41. The second-order valence-electron chi connectivity index (χ2n) is 6.25. The molecule has 0 radical (unpaired) electrons. The van der Waals surface area contributed by atoms with E-state index in [0.717, 1.165) is 16.5 Å². The van der Waals surface area contributed by atoms with Crippen molar-refractivity contribution < 1.29 is 14.4 Å². The van der Waals surface area contributed by atoms with Gasteiger partial charge in [-0.1, -0.05) is 65.8 Å². The number of benzene rings is 3. The number of rotatable bonds is 5. The molecule has 4 rings (SSSR count). The Bertz CT molecular complexity index is 1060. The van der Waals surface area contributed by atoms with Crippen molar-refractivity contribution in [2.45, 2.75) is 6.10 Å². The summed E-state index contributed by atoms with van der Waals surface area (Å²) in [5.41, 5.74) is 2.84. The van der Waals surface area contributed by atoms with Crippen LogP contribution in [-0.4, -0.2) is 22.7 Å². The summed E-state index contributed by atoms with van der Waals surface area (Å²) in [7, 11) is 0. The van der Waals surface area contributed by atoms with Crippen LogP contribution in [0.15, 0.2) is 83.4 Å². The van der Waals surface area contributed by atoms with E-state index in [1.807, 2.05) is 60.7 Å². The fourth-order valence-corrected chi connectivity index (χ4v) is 2.96. The lowest BCUT2D eigenvalue weighted by Gasteiger charge is -2.12. The van der Waals surface area contributed by atoms with Gasteiger partial charge in [0.15, 0.2) is 5.76 Å². The first-order valence-electron chi connectivity index (χ1n) is 8.68. The molecule has 1 atom stereocenters. The highest BCUT2D eigenvalue weighted by Crippen LogP contribution is 2.29. The van der Waals surface area contributed by atoms with Gasteiger partial charge in [-0.15, -0.1) is 0 Å². The molecule has 27 heavy (non-hydrogen) atoms. The summed E-state index contributed by atoms with van der Waals surface area (Å²) in [6, 6.07) is 24.1. The Morgan fingerprint density at radius 2 is 1.70 bits per heavy atom. The summed E-state index contributed by atoms with van der Waals surface area (Å²) in [5, 5.41) is 17.8. The third-order valence-corrected chi connectivity index (χ3v) is 4.41. The van der Waals surface area contributed by atoms with Crippen LogP contribution in [0.3, 0.4) is 0 Å². The fourth-order valence-electron chi connectivity index (χ4n) is 2.96. The fraction of sp³-hybridized carbons (Fsp3) is 0.0909. The van der Waals surface area contributed by atoms with E-state index in [-0.39, 0.29) is 12.5 Å². The molecule has 0 saturated carbocycles. The second-order valence-corrected chi connectivity index (χ2v) is 6.25. The molecule has 5 heteroatoms. The lowest BCUT2D eigenvalue weighted by molar-refractivity contribution is 0.0916. The van der Waals surface area contributed by atoms with Crippen LogP contribution in [0.1, 0.15) is 22.0 Å². The molecule has 4 aromatic rings. The van der Waals surface area contributed by atoms with Gasteiger partial charge < -0.3 is 14.9 Å². The van der Waals surface area contributed by atoms with Gasteiger partial charge in [-0.25, -0.2) is 0 Å². The van der Waals surface area contributed by atoms with Crippen LogP contribution in [0.5, 0.6) is 0 Å². The third kappa shape index (κ3) is 3.59. The summed E-state index contributed by atoms with van der Waals surface area (Å²) in [4.78, 5) is 12.5. The number of amides is 1. The summed E-state index contributed by atoms with van der Waals surface area (Å²) >= 11 is 0. The molecule has 1 heterocycles. The van der Waals surface area contributed by atoms with Gasteiger partial charge in [-0.3, -0.25) is 4.79 Å². The SMILES string of the molecule is O=C(NCC(O)c1ccccc1)c1ccc2noc(-c3ccccc3)c2c1. The molecule has 2 N–H and O–H groups in total. The van der Waals surface area contributed by atoms with E-state index < -0.39 is 6.10 Å². The Morgan fingerprint density at radius 3 is 2.44 bits per heavy atom. The lowest BCUT2D eigenvalue weighted by atomic mass is 10.1. The van der Waals surface area contributed by atoms with Crippen molar-refractivity contribution in [3.63, 3.8) is 0 Å². The molecule has 134 valence electrons. The van der Waals surface area contributed by atoms with Crippen LogP contribution >= 0.6 is 0 Å². The predicted octanol–water partition coefficient (Wildman–Crippen LogP) is 3.96. The minimum absolute atomic E-state index is 0.135. The van der Waals surface area contributed by atoms with Crippen molar-refractivity contribution in [2.75, 3.05) is 6.54 Å². The zero-order valence-corrected chi connectivity index (χ0v) is 14.5. The standard InChI is InChI=1S/C22H18N2O3/c25-20(15-7-3-1-4-8-15)14-23-22(26)17-11-12-19-18(13-17)21(27-24-19)16-9-5-2-6-10-16/h1-13,20,25H,14H2,(H,23,26). The van der Waals surface area contributed by atoms with Gasteiger partial charge in [0, 0.05) is 17.7 Å². The van der Waals surface area contributed by atoms with Gasteiger partial charge in [0.25, 0.3) is 5.91 Å². The predicted molar refractivity (Wildman–Crippen MR) is 103 cm³/mol. The van der Waals surface area contributed by atoms with E-state index in [0.29, 0.717) is 16.8 Å². The van der Waals surface area contributed by atoms with Gasteiger partial charge >= 0.3 is 0 Å². The van der Waals surface area contributed by atoms with Crippen molar-refractivity contribution in [1.82, 2.24) is 10.5 Å². The van der Waals surface area contributed by atoms with Crippen molar-refractivity contribution in [3.05, 3.63) is 90.0 Å². The first kappa shape index (κ1) is 17.0. The number of fused-ring (bicyclic) bond motifs is 1. The minimum Gasteiger partial charge on any atom is -0.387 e. The van der Waals surface area contributed by atoms with Crippen LogP contribution in [0.4, 0.5) is 0 Å². The number of aliphatic hydroxyl groups excluding tert-OH is 1. The Hall–Kier alpha value is -3.44. The van der Waals surface area contributed by atoms with Gasteiger partial charge in [0.05, 0.1) is 11.5 Å². The molecule has 3 aromatic carbocycles. The number of carbonyl (C=O) groups excluding carboxylic acids is 1. The highest BCUT2D eigenvalue weighted by atomic mass is 16.5. The Balaban J connectivity index is 1.54. The van der Waals surface area contributed by atoms with Crippen molar-refractivity contribution in [1.29, 1.82) is 0 Å². The lowest BCUT2D eigenvalue weighted by Crippen LogP contribution is -2.28. The summed E-state index contributed by atoms with van der Waals surface area (Å²) in [6.07, 6.45) is -0.755. The van der Waals surface area contributed by atoms with Gasteiger partial charge in [0.2, 0.25) is 0 Å². The average Bonchev–Trinajstić information content (AvgIpc) is 3.16. The molecule has 1 aromatic heterocycles. The van der Waals surface area contributed by atoms with Gasteiger partial charge in [-0.05, 0) is 23.8 Å². The number of aliphatic hydroxyl groups is 1. The molecule has 0 aliphatic rings. The quantitative estimate of drug-likeness (QED) is 0.566. The molecule has 1 unspecified atom stereocenters. The number of hydrogen-bond acceptors (Lipinski definition) is 4. The summed E-state index contributed by atoms with van der Waals surface area (Å²) < 4.78 is 5.47. The highest BCUT2D eigenvalue weighted by Gasteiger charge is 2.15. The Kier molecular flexibility index (Phi) is 4.68. The molecule has 0 saturated heterocycles. The van der Waals surface area contributed by atoms with Gasteiger partial charge in [0.1, 0.15) is 5.52 Å². The first-order chi connectivity index (χ1) is 13.2. The van der Waals surface area contributed by atoms with E-state index in [1.165, 1.54) is 0 Å². The Labute approximate surface area is 156 Å². The number of nitrogens with one attached hydrogen (secondary N) is 1.